The molecule has 0 bridgehead atoms. The molecule has 2 rings (SSSR count). The Morgan fingerprint density at radius 2 is 2.30 bits per heavy atom. The number of pyridine rings is 1. The molecule has 0 unspecified atom stereocenters. The average Bonchev–Trinajstić information content (AvgIpc) is 2.36. The summed E-state index contributed by atoms with van der Waals surface area (Å²) in [6.07, 6.45) is 3.77. The summed E-state index contributed by atoms with van der Waals surface area (Å²) in [5.74, 6) is 0. The second-order valence-corrected chi connectivity index (χ2v) is 2.59. The van der Waals surface area contributed by atoms with Gasteiger partial charge in [0.05, 0.1) is 13.2 Å². The quantitative estimate of drug-likeness (QED) is 0.536. The molecule has 2 heteroatoms. The summed E-state index contributed by atoms with van der Waals surface area (Å²) >= 11 is 0. The maximum Gasteiger partial charge on any atom is 0.0740 e. The van der Waals surface area contributed by atoms with Crippen LogP contribution in [0.5, 0.6) is 0 Å². The first-order chi connectivity index (χ1) is 4.88. The van der Waals surface area contributed by atoms with Gasteiger partial charge in [-0.1, -0.05) is 0 Å². The summed E-state index contributed by atoms with van der Waals surface area (Å²) in [6, 6.07) is 0. The van der Waals surface area contributed by atoms with Gasteiger partial charge in [0.2, 0.25) is 0 Å². The topological polar surface area (TPSA) is 22.1 Å². The van der Waals surface area contributed by atoms with Crippen LogP contribution in [0.3, 0.4) is 0 Å². The summed E-state index contributed by atoms with van der Waals surface area (Å²) in [7, 11) is 0. The molecule has 0 aliphatic carbocycles. The van der Waals surface area contributed by atoms with E-state index in [1.54, 1.807) is 0 Å². The molecule has 0 saturated heterocycles. The van der Waals surface area contributed by atoms with E-state index < -0.39 is 0 Å². The molecule has 1 aliphatic rings. The number of ether oxygens (including phenoxy) is 1. The molecular formula is C8H9NO. The highest BCUT2D eigenvalue weighted by Gasteiger charge is 2.12. The zero-order chi connectivity index (χ0) is 6.97. The maximum atomic E-state index is 5.26. The molecule has 0 amide bonds. The van der Waals surface area contributed by atoms with Crippen molar-refractivity contribution in [1.82, 2.24) is 4.98 Å². The van der Waals surface area contributed by atoms with E-state index in [1.807, 2.05) is 12.4 Å². The lowest BCUT2D eigenvalue weighted by Gasteiger charge is -1.97. The molecule has 0 atom stereocenters. The Labute approximate surface area is 59.9 Å². The minimum Gasteiger partial charge on any atom is -0.372 e. The molecular weight excluding hydrogens is 126 g/mol. The van der Waals surface area contributed by atoms with Crippen molar-refractivity contribution < 1.29 is 4.74 Å². The lowest BCUT2D eigenvalue weighted by molar-refractivity contribution is 0.134. The van der Waals surface area contributed by atoms with Crippen LogP contribution in [0.4, 0.5) is 0 Å². The van der Waals surface area contributed by atoms with Crippen LogP contribution >= 0.6 is 0 Å². The van der Waals surface area contributed by atoms with Crippen molar-refractivity contribution in [1.29, 1.82) is 0 Å². The van der Waals surface area contributed by atoms with Gasteiger partial charge in [0.15, 0.2) is 0 Å². The Balaban J connectivity index is 2.59. The third-order valence-electron chi connectivity index (χ3n) is 1.87. The number of aromatic nitrogens is 1. The molecule has 1 aliphatic heterocycles. The van der Waals surface area contributed by atoms with Crippen LogP contribution in [0.2, 0.25) is 0 Å². The van der Waals surface area contributed by atoms with Crippen LogP contribution in [0.15, 0.2) is 12.4 Å². The Morgan fingerprint density at radius 3 is 3.10 bits per heavy atom. The Morgan fingerprint density at radius 1 is 1.40 bits per heavy atom. The van der Waals surface area contributed by atoms with Crippen molar-refractivity contribution in [3.05, 3.63) is 29.1 Å². The first-order valence-electron chi connectivity index (χ1n) is 3.38. The number of aryl methyl sites for hydroxylation is 1. The van der Waals surface area contributed by atoms with Crippen molar-refractivity contribution in [3.63, 3.8) is 0 Å². The van der Waals surface area contributed by atoms with Crippen LogP contribution in [-0.4, -0.2) is 4.98 Å². The van der Waals surface area contributed by atoms with Gasteiger partial charge in [0, 0.05) is 18.0 Å². The molecule has 2 heterocycles. The number of rotatable bonds is 0. The summed E-state index contributed by atoms with van der Waals surface area (Å²) in [5, 5.41) is 0. The molecule has 0 saturated carbocycles. The molecule has 0 aromatic carbocycles. The molecule has 0 N–H and O–H groups in total. The first-order valence-corrected chi connectivity index (χ1v) is 3.38. The van der Waals surface area contributed by atoms with E-state index in [4.69, 9.17) is 4.74 Å². The Kier molecular flexibility index (Phi) is 1.21. The smallest absolute Gasteiger partial charge is 0.0740 e. The van der Waals surface area contributed by atoms with Gasteiger partial charge in [-0.2, -0.15) is 0 Å². The lowest BCUT2D eigenvalue weighted by Crippen LogP contribution is -1.87. The normalized spacial score (nSPS) is 15.3. The molecule has 1 aromatic heterocycles. The number of hydrogen-bond acceptors (Lipinski definition) is 2. The van der Waals surface area contributed by atoms with Gasteiger partial charge in [-0.3, -0.25) is 4.98 Å². The van der Waals surface area contributed by atoms with Gasteiger partial charge in [-0.05, 0) is 18.1 Å². The van der Waals surface area contributed by atoms with Gasteiger partial charge in [-0.25, -0.2) is 0 Å². The Bertz CT molecular complexity index is 257. The highest BCUT2D eigenvalue weighted by Crippen LogP contribution is 2.20. The average molecular weight is 135 g/mol. The molecule has 52 valence electrons. The van der Waals surface area contributed by atoms with Crippen molar-refractivity contribution in [2.24, 2.45) is 0 Å². The molecule has 2 nitrogen and oxygen atoms in total. The van der Waals surface area contributed by atoms with E-state index in [0.717, 1.165) is 13.2 Å². The van der Waals surface area contributed by atoms with Crippen LogP contribution in [0.1, 0.15) is 16.7 Å². The van der Waals surface area contributed by atoms with E-state index in [9.17, 15) is 0 Å². The SMILES string of the molecule is Cc1cncc2c1COC2. The monoisotopic (exact) mass is 135 g/mol. The lowest BCUT2D eigenvalue weighted by atomic mass is 10.1. The van der Waals surface area contributed by atoms with Crippen LogP contribution in [0, 0.1) is 6.92 Å². The molecule has 10 heavy (non-hydrogen) atoms. The molecule has 0 spiro atoms. The number of hydrogen-bond donors (Lipinski definition) is 0. The van der Waals surface area contributed by atoms with Crippen molar-refractivity contribution >= 4 is 0 Å². The van der Waals surface area contributed by atoms with Gasteiger partial charge in [-0.15, -0.1) is 0 Å². The largest absolute Gasteiger partial charge is 0.372 e. The predicted molar refractivity (Wildman–Crippen MR) is 37.5 cm³/mol. The number of nitrogens with zero attached hydrogens (tertiary/aromatic N) is 1. The molecule has 0 radical (unpaired) electrons. The highest BCUT2D eigenvalue weighted by molar-refractivity contribution is 5.31. The van der Waals surface area contributed by atoms with E-state index in [-0.39, 0.29) is 0 Å². The van der Waals surface area contributed by atoms with Crippen molar-refractivity contribution in [2.45, 2.75) is 20.1 Å². The fourth-order valence-corrected chi connectivity index (χ4v) is 1.24. The van der Waals surface area contributed by atoms with E-state index in [2.05, 4.69) is 11.9 Å². The molecule has 0 fully saturated rings. The third-order valence-corrected chi connectivity index (χ3v) is 1.87. The van der Waals surface area contributed by atoms with Crippen LogP contribution in [0.25, 0.3) is 0 Å². The summed E-state index contributed by atoms with van der Waals surface area (Å²) in [6.45, 7) is 3.58. The van der Waals surface area contributed by atoms with Gasteiger partial charge >= 0.3 is 0 Å². The predicted octanol–water partition coefficient (Wildman–Crippen LogP) is 1.42. The second-order valence-electron chi connectivity index (χ2n) is 2.59. The summed E-state index contributed by atoms with van der Waals surface area (Å²) in [5.41, 5.74) is 3.82. The van der Waals surface area contributed by atoms with E-state index >= 15 is 0 Å². The summed E-state index contributed by atoms with van der Waals surface area (Å²) < 4.78 is 5.26. The van der Waals surface area contributed by atoms with Crippen LogP contribution in [-0.2, 0) is 18.0 Å². The van der Waals surface area contributed by atoms with Crippen molar-refractivity contribution in [3.8, 4) is 0 Å². The molecule has 1 aromatic rings. The first kappa shape index (κ1) is 5.86. The Hall–Kier alpha value is -0.890. The second kappa shape index (κ2) is 2.06. The third kappa shape index (κ3) is 0.727. The van der Waals surface area contributed by atoms with E-state index in [0.29, 0.717) is 0 Å². The fraction of sp³-hybridized carbons (Fsp3) is 0.375. The fourth-order valence-electron chi connectivity index (χ4n) is 1.24. The zero-order valence-electron chi connectivity index (χ0n) is 5.92. The van der Waals surface area contributed by atoms with Crippen molar-refractivity contribution in [2.75, 3.05) is 0 Å². The number of fused-ring (bicyclic) bond motifs is 1. The maximum absolute atomic E-state index is 5.26. The highest BCUT2D eigenvalue weighted by atomic mass is 16.5. The standard InChI is InChI=1S/C8H9NO/c1-6-2-9-3-7-4-10-5-8(6)7/h2-3H,4-5H2,1H3. The minimum absolute atomic E-state index is 0.740. The van der Waals surface area contributed by atoms with Crippen LogP contribution < -0.4 is 0 Å². The van der Waals surface area contributed by atoms with Gasteiger partial charge in [0.1, 0.15) is 0 Å². The van der Waals surface area contributed by atoms with Gasteiger partial charge < -0.3 is 4.74 Å². The van der Waals surface area contributed by atoms with E-state index in [1.165, 1.54) is 16.7 Å². The van der Waals surface area contributed by atoms with Gasteiger partial charge in [0.25, 0.3) is 0 Å². The summed E-state index contributed by atoms with van der Waals surface area (Å²) in [4.78, 5) is 4.08. The zero-order valence-corrected chi connectivity index (χ0v) is 5.92. The minimum atomic E-state index is 0.740.